The number of aliphatic hydroxyl groups is 1. The number of hydrogen-bond acceptors (Lipinski definition) is 3. The first-order valence-electron chi connectivity index (χ1n) is 5.14. The summed E-state index contributed by atoms with van der Waals surface area (Å²) in [7, 11) is 1.20. The molecule has 1 fully saturated rings. The molecule has 1 aliphatic rings. The predicted molar refractivity (Wildman–Crippen MR) is 59.0 cm³/mol. The largest absolute Gasteiger partial charge is 0.467 e. The van der Waals surface area contributed by atoms with Crippen molar-refractivity contribution in [2.45, 2.75) is 42.5 Å². The van der Waals surface area contributed by atoms with Crippen molar-refractivity contribution in [2.24, 2.45) is 5.92 Å². The Bertz CT molecular complexity index is 225. The minimum atomic E-state index is -1.84. The van der Waals surface area contributed by atoms with Crippen LogP contribution >= 0.6 is 23.2 Å². The van der Waals surface area contributed by atoms with Crippen LogP contribution in [0, 0.1) is 5.92 Å². The molecule has 0 aromatic carbocycles. The van der Waals surface area contributed by atoms with Crippen LogP contribution in [0.4, 0.5) is 0 Å². The summed E-state index contributed by atoms with van der Waals surface area (Å²) in [5, 5.41) is 9.94. The average Bonchev–Trinajstić information content (AvgIpc) is 2.28. The molecular weight excluding hydrogens is 239 g/mol. The third-order valence-electron chi connectivity index (χ3n) is 2.93. The van der Waals surface area contributed by atoms with Crippen molar-refractivity contribution < 1.29 is 14.6 Å². The molecule has 3 nitrogen and oxygen atoms in total. The van der Waals surface area contributed by atoms with Crippen molar-refractivity contribution in [1.29, 1.82) is 0 Å². The van der Waals surface area contributed by atoms with Gasteiger partial charge in [-0.05, 0) is 18.8 Å². The number of alkyl halides is 2. The molecule has 1 atom stereocenters. The zero-order valence-corrected chi connectivity index (χ0v) is 10.2. The van der Waals surface area contributed by atoms with Crippen LogP contribution in [0.5, 0.6) is 0 Å². The van der Waals surface area contributed by atoms with E-state index in [1.54, 1.807) is 0 Å². The first-order chi connectivity index (χ1) is 7.00. The SMILES string of the molecule is COC(=O)C(Cl)(Cl)C(O)C1CCCCC1. The van der Waals surface area contributed by atoms with Gasteiger partial charge in [0.05, 0.1) is 7.11 Å². The van der Waals surface area contributed by atoms with Gasteiger partial charge >= 0.3 is 5.97 Å². The van der Waals surface area contributed by atoms with Gasteiger partial charge in [-0.1, -0.05) is 42.5 Å². The van der Waals surface area contributed by atoms with Gasteiger partial charge in [0, 0.05) is 0 Å². The Morgan fingerprint density at radius 1 is 1.40 bits per heavy atom. The molecule has 0 saturated heterocycles. The zero-order chi connectivity index (χ0) is 11.5. The lowest BCUT2D eigenvalue weighted by Gasteiger charge is -2.32. The first kappa shape index (κ1) is 13.1. The molecule has 1 rings (SSSR count). The number of hydrogen-bond donors (Lipinski definition) is 1. The number of rotatable bonds is 3. The lowest BCUT2D eigenvalue weighted by molar-refractivity contribution is -0.145. The topological polar surface area (TPSA) is 46.5 Å². The normalized spacial score (nSPS) is 21.1. The Labute approximate surface area is 99.7 Å². The summed E-state index contributed by atoms with van der Waals surface area (Å²) in [5.41, 5.74) is 0. The minimum Gasteiger partial charge on any atom is -0.467 e. The summed E-state index contributed by atoms with van der Waals surface area (Å²) < 4.78 is 2.63. The van der Waals surface area contributed by atoms with Crippen molar-refractivity contribution in [3.05, 3.63) is 0 Å². The maximum absolute atomic E-state index is 11.3. The molecular formula is C10H16Cl2O3. The summed E-state index contributed by atoms with van der Waals surface area (Å²) in [4.78, 5) is 11.3. The molecule has 1 unspecified atom stereocenters. The molecule has 0 aliphatic heterocycles. The Morgan fingerprint density at radius 3 is 2.40 bits per heavy atom. The Hall–Kier alpha value is 0.01000. The summed E-state index contributed by atoms with van der Waals surface area (Å²) in [6.07, 6.45) is 3.94. The lowest BCUT2D eigenvalue weighted by Crippen LogP contribution is -2.45. The molecule has 0 aromatic heterocycles. The highest BCUT2D eigenvalue weighted by Crippen LogP contribution is 2.37. The van der Waals surface area contributed by atoms with Gasteiger partial charge in [0.1, 0.15) is 6.10 Å². The highest BCUT2D eigenvalue weighted by atomic mass is 35.5. The maximum Gasteiger partial charge on any atom is 0.345 e. The van der Waals surface area contributed by atoms with Gasteiger partial charge < -0.3 is 9.84 Å². The minimum absolute atomic E-state index is 0.00662. The number of methoxy groups -OCH3 is 1. The molecule has 0 bridgehead atoms. The van der Waals surface area contributed by atoms with Crippen molar-refractivity contribution in [3.63, 3.8) is 0 Å². The molecule has 88 valence electrons. The molecule has 1 saturated carbocycles. The molecule has 0 heterocycles. The number of carbonyl (C=O) groups is 1. The van der Waals surface area contributed by atoms with Crippen LogP contribution in [0.1, 0.15) is 32.1 Å². The lowest BCUT2D eigenvalue weighted by atomic mass is 9.84. The van der Waals surface area contributed by atoms with E-state index >= 15 is 0 Å². The molecule has 5 heteroatoms. The highest BCUT2D eigenvalue weighted by molar-refractivity contribution is 6.58. The molecule has 1 aliphatic carbocycles. The molecule has 0 spiro atoms. The average molecular weight is 255 g/mol. The summed E-state index contributed by atoms with van der Waals surface area (Å²) >= 11 is 11.6. The van der Waals surface area contributed by atoms with Gasteiger partial charge in [0.15, 0.2) is 0 Å². The summed E-state index contributed by atoms with van der Waals surface area (Å²) in [5.74, 6) is -0.795. The van der Waals surface area contributed by atoms with Gasteiger partial charge in [-0.25, -0.2) is 4.79 Å². The van der Waals surface area contributed by atoms with Crippen molar-refractivity contribution >= 4 is 29.2 Å². The third-order valence-corrected chi connectivity index (χ3v) is 3.68. The number of ether oxygens (including phenoxy) is 1. The number of halogens is 2. The standard InChI is InChI=1S/C10H16Cl2O3/c1-15-9(14)10(11,12)8(13)7-5-3-2-4-6-7/h7-8,13H,2-6H2,1H3. The number of esters is 1. The Morgan fingerprint density at radius 2 is 1.93 bits per heavy atom. The van der Waals surface area contributed by atoms with Crippen LogP contribution < -0.4 is 0 Å². The van der Waals surface area contributed by atoms with Crippen molar-refractivity contribution in [3.8, 4) is 0 Å². The fourth-order valence-electron chi connectivity index (χ4n) is 2.00. The predicted octanol–water partition coefficient (Wildman–Crippen LogP) is 2.27. The van der Waals surface area contributed by atoms with Gasteiger partial charge in [0.25, 0.3) is 0 Å². The van der Waals surface area contributed by atoms with E-state index in [2.05, 4.69) is 4.74 Å². The van der Waals surface area contributed by atoms with Crippen LogP contribution in [0.3, 0.4) is 0 Å². The third kappa shape index (κ3) is 2.99. The van der Waals surface area contributed by atoms with Crippen LogP contribution in [0.15, 0.2) is 0 Å². The smallest absolute Gasteiger partial charge is 0.345 e. The Balaban J connectivity index is 2.64. The quantitative estimate of drug-likeness (QED) is 0.621. The monoisotopic (exact) mass is 254 g/mol. The second-order valence-electron chi connectivity index (χ2n) is 3.96. The van der Waals surface area contributed by atoms with Gasteiger partial charge in [0.2, 0.25) is 4.33 Å². The molecule has 0 radical (unpaired) electrons. The van der Waals surface area contributed by atoms with Gasteiger partial charge in [-0.2, -0.15) is 0 Å². The van der Waals surface area contributed by atoms with Gasteiger partial charge in [-0.15, -0.1) is 0 Å². The van der Waals surface area contributed by atoms with Crippen molar-refractivity contribution in [1.82, 2.24) is 0 Å². The summed E-state index contributed by atoms with van der Waals surface area (Å²) in [6, 6.07) is 0. The van der Waals surface area contributed by atoms with Crippen LogP contribution in [-0.4, -0.2) is 28.6 Å². The van der Waals surface area contributed by atoms with Crippen LogP contribution in [0.25, 0.3) is 0 Å². The second kappa shape index (κ2) is 5.37. The molecule has 1 N–H and O–H groups in total. The highest BCUT2D eigenvalue weighted by Gasteiger charge is 2.46. The van der Waals surface area contributed by atoms with E-state index in [-0.39, 0.29) is 5.92 Å². The van der Waals surface area contributed by atoms with E-state index in [0.717, 1.165) is 25.7 Å². The number of carbonyl (C=O) groups excluding carboxylic acids is 1. The van der Waals surface area contributed by atoms with Crippen LogP contribution in [0.2, 0.25) is 0 Å². The van der Waals surface area contributed by atoms with Gasteiger partial charge in [-0.3, -0.25) is 0 Å². The first-order valence-corrected chi connectivity index (χ1v) is 5.90. The van der Waals surface area contributed by atoms with Crippen molar-refractivity contribution in [2.75, 3.05) is 7.11 Å². The molecule has 15 heavy (non-hydrogen) atoms. The van der Waals surface area contributed by atoms with E-state index < -0.39 is 16.4 Å². The van der Waals surface area contributed by atoms with E-state index in [1.165, 1.54) is 13.5 Å². The molecule has 0 amide bonds. The van der Waals surface area contributed by atoms with E-state index in [0.29, 0.717) is 0 Å². The summed E-state index contributed by atoms with van der Waals surface area (Å²) in [6.45, 7) is 0. The zero-order valence-electron chi connectivity index (χ0n) is 8.71. The van der Waals surface area contributed by atoms with E-state index in [1.807, 2.05) is 0 Å². The second-order valence-corrected chi connectivity index (χ2v) is 5.34. The Kier molecular flexibility index (Phi) is 4.68. The van der Waals surface area contributed by atoms with E-state index in [9.17, 15) is 9.90 Å². The fourth-order valence-corrected chi connectivity index (χ4v) is 2.51. The number of aliphatic hydroxyl groups excluding tert-OH is 1. The van der Waals surface area contributed by atoms with E-state index in [4.69, 9.17) is 23.2 Å². The molecule has 0 aromatic rings. The van der Waals surface area contributed by atoms with Crippen LogP contribution in [-0.2, 0) is 9.53 Å². The maximum atomic E-state index is 11.3. The fraction of sp³-hybridized carbons (Fsp3) is 0.900.